The molecule has 1 aliphatic heterocycles. The summed E-state index contributed by atoms with van der Waals surface area (Å²) in [4.78, 5) is 40.6. The summed E-state index contributed by atoms with van der Waals surface area (Å²) in [6.07, 6.45) is -1.87. The van der Waals surface area contributed by atoms with Gasteiger partial charge in [0.1, 0.15) is 29.0 Å². The van der Waals surface area contributed by atoms with Crippen LogP contribution in [0.1, 0.15) is 53.0 Å². The number of amides is 1. The van der Waals surface area contributed by atoms with Gasteiger partial charge < -0.3 is 34.1 Å². The predicted molar refractivity (Wildman–Crippen MR) is 206 cm³/mol. The first-order valence-corrected chi connectivity index (χ1v) is 19.0. The summed E-state index contributed by atoms with van der Waals surface area (Å²) in [7, 11) is -0.313. The summed E-state index contributed by atoms with van der Waals surface area (Å²) in [5, 5.41) is 14.9. The van der Waals surface area contributed by atoms with Crippen LogP contribution in [0.15, 0.2) is 126 Å². The molecule has 1 aliphatic rings. The molecule has 4 aromatic carbocycles. The van der Waals surface area contributed by atoms with Crippen molar-refractivity contribution >= 4 is 20.0 Å². The number of aromatic nitrogens is 2. The van der Waals surface area contributed by atoms with Crippen molar-refractivity contribution in [3.8, 4) is 11.5 Å². The summed E-state index contributed by atoms with van der Waals surface area (Å²) >= 11 is 0. The molecule has 0 radical (unpaired) electrons. The fraction of sp³-hybridized carbons (Fsp3) is 0.293. The van der Waals surface area contributed by atoms with Crippen molar-refractivity contribution in [2.45, 2.75) is 49.6 Å². The Morgan fingerprint density at radius 2 is 1.46 bits per heavy atom. The van der Waals surface area contributed by atoms with Crippen LogP contribution in [0.2, 0.25) is 0 Å². The number of rotatable bonds is 17. The zero-order valence-electron chi connectivity index (χ0n) is 31.0. The molecule has 0 bridgehead atoms. The van der Waals surface area contributed by atoms with Gasteiger partial charge in [0.2, 0.25) is 0 Å². The summed E-state index contributed by atoms with van der Waals surface area (Å²) in [5.74, 6) is -1.91. The average Bonchev–Trinajstić information content (AvgIpc) is 3.48. The maximum absolute atomic E-state index is 13.6. The van der Waals surface area contributed by atoms with Gasteiger partial charge in [-0.3, -0.25) is 9.36 Å². The molecule has 5 atom stereocenters. The Morgan fingerprint density at radius 1 is 0.893 bits per heavy atom. The lowest BCUT2D eigenvalue weighted by Gasteiger charge is -2.37. The van der Waals surface area contributed by atoms with Crippen LogP contribution in [0.3, 0.4) is 0 Å². The third-order valence-electron chi connectivity index (χ3n) is 9.46. The molecule has 0 aliphatic carbocycles. The van der Waals surface area contributed by atoms with Crippen LogP contribution in [0.5, 0.6) is 11.5 Å². The maximum Gasteiger partial charge on any atom is 0.697 e. The summed E-state index contributed by atoms with van der Waals surface area (Å²) in [5.41, 5.74) is 0.168. The molecule has 14 nitrogen and oxygen atoms in total. The van der Waals surface area contributed by atoms with E-state index >= 15 is 0 Å². The van der Waals surface area contributed by atoms with E-state index in [9.17, 15) is 24.2 Å². The van der Waals surface area contributed by atoms with Crippen molar-refractivity contribution < 1.29 is 47.6 Å². The minimum atomic E-state index is -3.44. The van der Waals surface area contributed by atoms with Gasteiger partial charge in [-0.15, -0.1) is 4.89 Å². The van der Waals surface area contributed by atoms with E-state index in [4.69, 9.17) is 28.2 Å². The number of anilines is 1. The van der Waals surface area contributed by atoms with Gasteiger partial charge in [-0.2, -0.15) is 4.98 Å². The Morgan fingerprint density at radius 3 is 2.00 bits per heavy atom. The zero-order chi connectivity index (χ0) is 39.7. The van der Waals surface area contributed by atoms with Crippen LogP contribution in [-0.4, -0.2) is 70.9 Å². The lowest BCUT2D eigenvalue weighted by molar-refractivity contribution is -0.234. The van der Waals surface area contributed by atoms with Gasteiger partial charge >= 0.3 is 13.9 Å². The SMILES string of the molecule is CCCCO[C@H]1[C@H](n2ccc(NC(=O)c3ccccc3)nc2=O)O[C@H](COC(c2ccccc2)(c2ccc(OC)cc2)c2ccc(OC)cc2)[C@@]1(O)O[P+](=O)O. The van der Waals surface area contributed by atoms with E-state index in [0.29, 0.717) is 40.2 Å². The zero-order valence-corrected chi connectivity index (χ0v) is 31.9. The minimum absolute atomic E-state index is 0.0296. The van der Waals surface area contributed by atoms with Gasteiger partial charge in [-0.1, -0.05) is 90.7 Å². The number of carbonyl (C=O) groups is 1. The van der Waals surface area contributed by atoms with E-state index in [-0.39, 0.29) is 12.4 Å². The number of hydrogen-bond acceptors (Lipinski definition) is 11. The third-order valence-corrected chi connectivity index (χ3v) is 9.91. The molecule has 1 saturated heterocycles. The van der Waals surface area contributed by atoms with Crippen molar-refractivity contribution in [1.82, 2.24) is 9.55 Å². The van der Waals surface area contributed by atoms with Gasteiger partial charge in [0.25, 0.3) is 11.7 Å². The highest BCUT2D eigenvalue weighted by molar-refractivity contribution is 7.32. The lowest BCUT2D eigenvalue weighted by Crippen LogP contribution is -2.52. The first kappa shape index (κ1) is 40.4. The predicted octanol–water partition coefficient (Wildman–Crippen LogP) is 5.96. The Balaban J connectivity index is 1.41. The number of unbranched alkanes of at least 4 members (excludes halogenated alkanes) is 1. The van der Waals surface area contributed by atoms with Crippen LogP contribution in [0.4, 0.5) is 5.82 Å². The van der Waals surface area contributed by atoms with Crippen LogP contribution in [0.25, 0.3) is 0 Å². The fourth-order valence-electron chi connectivity index (χ4n) is 6.62. The first-order chi connectivity index (χ1) is 27.1. The standard InChI is InChI=1S/C41H42N3O11P/c1-4-5-26-52-36-38(44-25-24-35(43-39(44)46)42-37(45)28-12-8-6-9-13-28)54-34(41(36,47)55-56(48)49)27-53-40(29-14-10-7-11-15-29,30-16-20-32(50-2)21-17-30)31-18-22-33(51-3)23-19-31/h6-25,34,36,38,47H,4-5,26-27H2,1-3H3,(H-,42,43,45,46,48,49)/p+1/t34-,36+,38-,41-/m1/s1. The number of nitrogens with zero attached hydrogens (tertiary/aromatic N) is 2. The van der Waals surface area contributed by atoms with E-state index in [2.05, 4.69) is 10.3 Å². The van der Waals surface area contributed by atoms with E-state index in [1.165, 1.54) is 12.3 Å². The summed E-state index contributed by atoms with van der Waals surface area (Å²) < 4.78 is 49.2. The average molecular weight is 785 g/mol. The van der Waals surface area contributed by atoms with E-state index in [1.54, 1.807) is 68.8 Å². The molecule has 1 aromatic heterocycles. The quantitative estimate of drug-likeness (QED) is 0.0437. The highest BCUT2D eigenvalue weighted by atomic mass is 31.1. The second-order valence-corrected chi connectivity index (χ2v) is 13.5. The number of hydrogen-bond donors (Lipinski definition) is 3. The normalized spacial score (nSPS) is 19.7. The summed E-state index contributed by atoms with van der Waals surface area (Å²) in [6, 6.07) is 33.7. The Kier molecular flexibility index (Phi) is 13.0. The highest BCUT2D eigenvalue weighted by Crippen LogP contribution is 2.47. The molecule has 56 heavy (non-hydrogen) atoms. The fourth-order valence-corrected chi connectivity index (χ4v) is 7.09. The number of benzene rings is 4. The van der Waals surface area contributed by atoms with E-state index < -0.39 is 56.3 Å². The Labute approximate surface area is 324 Å². The Bertz CT molecular complexity index is 2090. The smallest absolute Gasteiger partial charge is 0.497 e. The molecule has 1 amide bonds. The van der Waals surface area contributed by atoms with Crippen molar-refractivity contribution in [2.24, 2.45) is 0 Å². The summed E-state index contributed by atoms with van der Waals surface area (Å²) in [6.45, 7) is 1.57. The van der Waals surface area contributed by atoms with Crippen LogP contribution < -0.4 is 20.5 Å². The number of aliphatic hydroxyl groups is 1. The molecule has 0 spiro atoms. The highest BCUT2D eigenvalue weighted by Gasteiger charge is 2.64. The van der Waals surface area contributed by atoms with E-state index in [1.807, 2.05) is 61.5 Å². The van der Waals surface area contributed by atoms with Crippen LogP contribution >= 0.6 is 8.25 Å². The molecule has 0 saturated carbocycles. The van der Waals surface area contributed by atoms with Crippen molar-refractivity contribution in [2.75, 3.05) is 32.8 Å². The first-order valence-electron chi connectivity index (χ1n) is 17.9. The molecule has 2 heterocycles. The number of ether oxygens (including phenoxy) is 5. The topological polar surface area (TPSA) is 177 Å². The molecular weight excluding hydrogens is 741 g/mol. The number of nitrogens with one attached hydrogen (secondary N) is 1. The molecule has 15 heteroatoms. The van der Waals surface area contributed by atoms with Crippen LogP contribution in [0, 0.1) is 0 Å². The molecule has 1 fully saturated rings. The van der Waals surface area contributed by atoms with E-state index in [0.717, 1.165) is 11.0 Å². The monoisotopic (exact) mass is 784 g/mol. The van der Waals surface area contributed by atoms with Gasteiger partial charge in [-0.25, -0.2) is 4.79 Å². The third kappa shape index (κ3) is 8.57. The Hall–Kier alpha value is -5.31. The molecule has 292 valence electrons. The van der Waals surface area contributed by atoms with Gasteiger partial charge in [0.05, 0.1) is 20.8 Å². The van der Waals surface area contributed by atoms with Gasteiger partial charge in [-0.05, 0) is 65.6 Å². The number of carbonyl (C=O) groups excluding carboxylic acids is 1. The second kappa shape index (κ2) is 18.1. The second-order valence-electron chi connectivity index (χ2n) is 12.9. The van der Waals surface area contributed by atoms with Gasteiger partial charge in [0, 0.05) is 22.9 Å². The van der Waals surface area contributed by atoms with Crippen molar-refractivity contribution in [3.05, 3.63) is 154 Å². The molecule has 1 unspecified atom stereocenters. The molecular formula is C41H43N3O11P+. The molecule has 6 rings (SSSR count). The minimum Gasteiger partial charge on any atom is -0.497 e. The largest absolute Gasteiger partial charge is 0.697 e. The lowest BCUT2D eigenvalue weighted by atomic mass is 9.80. The van der Waals surface area contributed by atoms with Crippen molar-refractivity contribution in [3.63, 3.8) is 0 Å². The molecule has 3 N–H and O–H groups in total. The van der Waals surface area contributed by atoms with Crippen LogP contribution in [-0.2, 0) is 28.9 Å². The van der Waals surface area contributed by atoms with Crippen molar-refractivity contribution in [1.29, 1.82) is 0 Å². The molecule has 5 aromatic rings. The van der Waals surface area contributed by atoms with Gasteiger partial charge in [0.15, 0.2) is 12.3 Å². The maximum atomic E-state index is 13.6. The number of methoxy groups -OCH3 is 2.